The number of rotatable bonds is 5. The van der Waals surface area contributed by atoms with Crippen molar-refractivity contribution in [2.45, 2.75) is 38.2 Å². The number of carboxylic acid groups (broad SMARTS) is 1. The quantitative estimate of drug-likeness (QED) is 0.486. The molecule has 1 N–H and O–H groups in total. The van der Waals surface area contributed by atoms with Crippen molar-refractivity contribution >= 4 is 5.97 Å². The molecule has 1 heterocycles. The molecule has 0 radical (unpaired) electrons. The molecule has 0 saturated carbocycles. The number of carbonyl (C=O) groups is 1. The number of unbranched alkanes of at least 4 members (excludes halogenated alkanes) is 2. The largest absolute Gasteiger partial charge is 0.479 e. The summed E-state index contributed by atoms with van der Waals surface area (Å²) in [7, 11) is 0. The third kappa shape index (κ3) is 1.93. The summed E-state index contributed by atoms with van der Waals surface area (Å²) in [4.78, 5) is 10.6. The van der Waals surface area contributed by atoms with Gasteiger partial charge in [0, 0.05) is 0 Å². The highest BCUT2D eigenvalue weighted by Gasteiger charge is 2.51. The van der Waals surface area contributed by atoms with Gasteiger partial charge in [-0.3, -0.25) is 0 Å². The minimum atomic E-state index is -0.798. The first-order chi connectivity index (χ1) is 5.21. The Labute approximate surface area is 66.4 Å². The molecule has 1 aliphatic heterocycles. The molecule has 1 aliphatic rings. The maximum absolute atomic E-state index is 10.6. The summed E-state index contributed by atoms with van der Waals surface area (Å²) in [5, 5.41) is 8.68. The van der Waals surface area contributed by atoms with Crippen LogP contribution < -0.4 is 0 Å². The number of hydrogen-bond acceptors (Lipinski definition) is 2. The summed E-state index contributed by atoms with van der Waals surface area (Å²) in [6.07, 6.45) is 3.85. The Bertz CT molecular complexity index is 149. The van der Waals surface area contributed by atoms with Crippen LogP contribution in [0.2, 0.25) is 0 Å². The molecule has 1 fully saturated rings. The number of ether oxygens (including phenoxy) is 1. The van der Waals surface area contributed by atoms with Crippen molar-refractivity contribution in [2.24, 2.45) is 0 Å². The molecule has 1 unspecified atom stereocenters. The van der Waals surface area contributed by atoms with Gasteiger partial charge in [0.05, 0.1) is 6.61 Å². The molecule has 1 atom stereocenters. The molecule has 0 aliphatic carbocycles. The van der Waals surface area contributed by atoms with Crippen LogP contribution in [0.4, 0.5) is 0 Å². The van der Waals surface area contributed by atoms with Gasteiger partial charge in [-0.2, -0.15) is 0 Å². The van der Waals surface area contributed by atoms with Crippen molar-refractivity contribution < 1.29 is 14.6 Å². The summed E-state index contributed by atoms with van der Waals surface area (Å²) >= 11 is 0. The molecule has 0 aromatic rings. The van der Waals surface area contributed by atoms with E-state index in [0.717, 1.165) is 19.3 Å². The van der Waals surface area contributed by atoms with E-state index >= 15 is 0 Å². The number of hydrogen-bond donors (Lipinski definition) is 1. The Balaban J connectivity index is 2.20. The van der Waals surface area contributed by atoms with Gasteiger partial charge in [-0.25, -0.2) is 4.79 Å². The average molecular weight is 158 g/mol. The smallest absolute Gasteiger partial charge is 0.338 e. The normalized spacial score (nSPS) is 28.5. The molecule has 1 saturated heterocycles. The fourth-order valence-corrected chi connectivity index (χ4v) is 1.12. The minimum Gasteiger partial charge on any atom is -0.479 e. The Morgan fingerprint density at radius 1 is 1.64 bits per heavy atom. The standard InChI is InChI=1S/C8H14O3/c1-2-3-4-5-8(6-11-8)7(9)10/h2-6H2,1H3,(H,9,10). The van der Waals surface area contributed by atoms with Crippen molar-refractivity contribution in [3.63, 3.8) is 0 Å². The number of carboxylic acids is 1. The SMILES string of the molecule is CCCCCC1(C(=O)O)CO1. The van der Waals surface area contributed by atoms with Crippen molar-refractivity contribution in [2.75, 3.05) is 6.61 Å². The molecule has 0 amide bonds. The van der Waals surface area contributed by atoms with E-state index in [1.165, 1.54) is 0 Å². The second-order valence-corrected chi connectivity index (χ2v) is 3.05. The molecular formula is C8H14O3. The molecule has 1 rings (SSSR count). The van der Waals surface area contributed by atoms with Gasteiger partial charge in [0.1, 0.15) is 0 Å². The predicted octanol–water partition coefficient (Wildman–Crippen LogP) is 1.42. The van der Waals surface area contributed by atoms with Gasteiger partial charge in [0.25, 0.3) is 0 Å². The van der Waals surface area contributed by atoms with E-state index in [-0.39, 0.29) is 0 Å². The van der Waals surface area contributed by atoms with Crippen LogP contribution in [0, 0.1) is 0 Å². The van der Waals surface area contributed by atoms with Crippen LogP contribution in [0.5, 0.6) is 0 Å². The fourth-order valence-electron chi connectivity index (χ4n) is 1.12. The zero-order valence-corrected chi connectivity index (χ0v) is 6.80. The van der Waals surface area contributed by atoms with Crippen LogP contribution in [-0.2, 0) is 9.53 Å². The highest BCUT2D eigenvalue weighted by Crippen LogP contribution is 2.32. The molecule has 64 valence electrons. The van der Waals surface area contributed by atoms with Crippen LogP contribution in [-0.4, -0.2) is 23.3 Å². The zero-order chi connectivity index (χ0) is 8.32. The maximum atomic E-state index is 10.6. The molecular weight excluding hydrogens is 144 g/mol. The zero-order valence-electron chi connectivity index (χ0n) is 6.80. The van der Waals surface area contributed by atoms with Crippen molar-refractivity contribution in [1.29, 1.82) is 0 Å². The van der Waals surface area contributed by atoms with Gasteiger partial charge in [0.15, 0.2) is 5.60 Å². The monoisotopic (exact) mass is 158 g/mol. The molecule has 3 heteroatoms. The van der Waals surface area contributed by atoms with Crippen molar-refractivity contribution in [1.82, 2.24) is 0 Å². The van der Waals surface area contributed by atoms with Crippen molar-refractivity contribution in [3.8, 4) is 0 Å². The van der Waals surface area contributed by atoms with Crippen LogP contribution in [0.3, 0.4) is 0 Å². The number of aliphatic carboxylic acids is 1. The molecule has 0 aromatic carbocycles. The van der Waals surface area contributed by atoms with Crippen molar-refractivity contribution in [3.05, 3.63) is 0 Å². The second kappa shape index (κ2) is 3.22. The Hall–Kier alpha value is -0.570. The Kier molecular flexibility index (Phi) is 2.49. The predicted molar refractivity (Wildman–Crippen MR) is 40.5 cm³/mol. The Morgan fingerprint density at radius 3 is 2.64 bits per heavy atom. The third-order valence-electron chi connectivity index (χ3n) is 2.07. The molecule has 3 nitrogen and oxygen atoms in total. The average Bonchev–Trinajstić information content (AvgIpc) is 2.70. The minimum absolute atomic E-state index is 0.409. The van der Waals surface area contributed by atoms with Gasteiger partial charge in [-0.15, -0.1) is 0 Å². The lowest BCUT2D eigenvalue weighted by Crippen LogP contribution is -2.23. The first kappa shape index (κ1) is 8.53. The number of epoxide rings is 1. The summed E-state index contributed by atoms with van der Waals surface area (Å²) in [5.41, 5.74) is -0.783. The van der Waals surface area contributed by atoms with Gasteiger partial charge < -0.3 is 9.84 Å². The highest BCUT2D eigenvalue weighted by molar-refractivity contribution is 5.80. The van der Waals surface area contributed by atoms with E-state index in [9.17, 15) is 4.79 Å². The lowest BCUT2D eigenvalue weighted by Gasteiger charge is -2.03. The van der Waals surface area contributed by atoms with E-state index in [1.54, 1.807) is 0 Å². The van der Waals surface area contributed by atoms with Gasteiger partial charge in [0.2, 0.25) is 0 Å². The first-order valence-electron chi connectivity index (χ1n) is 4.08. The van der Waals surface area contributed by atoms with Crippen LogP contribution in [0.15, 0.2) is 0 Å². The summed E-state index contributed by atoms with van der Waals surface area (Å²) in [5.74, 6) is -0.798. The van der Waals surface area contributed by atoms with E-state index in [1.807, 2.05) is 0 Å². The second-order valence-electron chi connectivity index (χ2n) is 3.05. The highest BCUT2D eigenvalue weighted by atomic mass is 16.6. The maximum Gasteiger partial charge on any atom is 0.338 e. The molecule has 11 heavy (non-hydrogen) atoms. The topological polar surface area (TPSA) is 49.8 Å². The molecule has 0 spiro atoms. The Morgan fingerprint density at radius 2 is 2.27 bits per heavy atom. The van der Waals surface area contributed by atoms with E-state index in [0.29, 0.717) is 13.0 Å². The first-order valence-corrected chi connectivity index (χ1v) is 4.08. The van der Waals surface area contributed by atoms with Crippen LogP contribution in [0.1, 0.15) is 32.6 Å². The summed E-state index contributed by atoms with van der Waals surface area (Å²) in [6.45, 7) is 2.51. The van der Waals surface area contributed by atoms with Gasteiger partial charge in [-0.1, -0.05) is 19.8 Å². The van der Waals surface area contributed by atoms with E-state index < -0.39 is 11.6 Å². The van der Waals surface area contributed by atoms with Gasteiger partial charge in [-0.05, 0) is 12.8 Å². The lowest BCUT2D eigenvalue weighted by atomic mass is 10.0. The van der Waals surface area contributed by atoms with Crippen LogP contribution >= 0.6 is 0 Å². The molecule has 0 aromatic heterocycles. The van der Waals surface area contributed by atoms with E-state index in [2.05, 4.69) is 6.92 Å². The van der Waals surface area contributed by atoms with Gasteiger partial charge >= 0.3 is 5.97 Å². The summed E-state index contributed by atoms with van der Waals surface area (Å²) < 4.78 is 4.90. The third-order valence-corrected chi connectivity index (χ3v) is 2.07. The lowest BCUT2D eigenvalue weighted by molar-refractivity contribution is -0.143. The molecule has 0 bridgehead atoms. The van der Waals surface area contributed by atoms with E-state index in [4.69, 9.17) is 9.84 Å². The summed E-state index contributed by atoms with van der Waals surface area (Å²) in [6, 6.07) is 0. The fraction of sp³-hybridized carbons (Fsp3) is 0.875. The van der Waals surface area contributed by atoms with Crippen LogP contribution in [0.25, 0.3) is 0 Å².